The van der Waals surface area contributed by atoms with E-state index in [2.05, 4.69) is 16.0 Å². The van der Waals surface area contributed by atoms with E-state index in [9.17, 15) is 9.59 Å². The summed E-state index contributed by atoms with van der Waals surface area (Å²) < 4.78 is 0. The number of carbonyl (C=O) groups excluding carboxylic acids is 2. The van der Waals surface area contributed by atoms with E-state index in [1.54, 1.807) is 0 Å². The first kappa shape index (κ1) is 21.0. The van der Waals surface area contributed by atoms with Crippen LogP contribution in [0.1, 0.15) is 64.2 Å². The zero-order chi connectivity index (χ0) is 16.5. The van der Waals surface area contributed by atoms with E-state index in [1.165, 1.54) is 19.3 Å². The monoisotopic (exact) mass is 360 g/mol. The Morgan fingerprint density at radius 3 is 2.42 bits per heavy atom. The van der Waals surface area contributed by atoms with Gasteiger partial charge >= 0.3 is 6.03 Å². The van der Waals surface area contributed by atoms with Crippen LogP contribution in [0.15, 0.2) is 0 Å². The molecule has 0 saturated heterocycles. The molecule has 0 aromatic heterocycles. The normalized spacial score (nSPS) is 24.0. The highest BCUT2D eigenvalue weighted by Crippen LogP contribution is 2.24. The van der Waals surface area contributed by atoms with Crippen molar-refractivity contribution in [2.75, 3.05) is 13.1 Å². The largest absolute Gasteiger partial charge is 0.353 e. The molecule has 0 heterocycles. The second-order valence-electron chi connectivity index (χ2n) is 6.94. The molecule has 2 aliphatic carbocycles. The van der Waals surface area contributed by atoms with Gasteiger partial charge in [0.15, 0.2) is 0 Å². The molecule has 2 unspecified atom stereocenters. The molecule has 2 atom stereocenters. The summed E-state index contributed by atoms with van der Waals surface area (Å²) in [6.45, 7) is 1.19. The second kappa shape index (κ2) is 11.5. The Labute approximate surface area is 151 Å². The molecule has 7 heteroatoms. The molecule has 2 aliphatic rings. The van der Waals surface area contributed by atoms with Gasteiger partial charge in [0.25, 0.3) is 0 Å². The molecule has 2 fully saturated rings. The van der Waals surface area contributed by atoms with Crippen LogP contribution in [-0.4, -0.2) is 37.1 Å². The quantitative estimate of drug-likeness (QED) is 0.523. The first-order valence-electron chi connectivity index (χ1n) is 9.23. The van der Waals surface area contributed by atoms with E-state index in [0.717, 1.165) is 32.1 Å². The van der Waals surface area contributed by atoms with Crippen LogP contribution in [0.5, 0.6) is 0 Å². The minimum atomic E-state index is -0.101. The van der Waals surface area contributed by atoms with Gasteiger partial charge in [0.1, 0.15) is 0 Å². The SMILES string of the molecule is Cl.NCC1CCCC1NC(=O)CCCNC(=O)NC1CCCCC1. The molecule has 24 heavy (non-hydrogen) atoms. The predicted molar refractivity (Wildman–Crippen MR) is 98.2 cm³/mol. The van der Waals surface area contributed by atoms with E-state index in [-0.39, 0.29) is 30.4 Å². The van der Waals surface area contributed by atoms with Gasteiger partial charge in [-0.2, -0.15) is 0 Å². The van der Waals surface area contributed by atoms with Crippen LogP contribution < -0.4 is 21.7 Å². The van der Waals surface area contributed by atoms with E-state index in [0.29, 0.717) is 37.9 Å². The summed E-state index contributed by atoms with van der Waals surface area (Å²) in [5.74, 6) is 0.503. The van der Waals surface area contributed by atoms with Crippen LogP contribution in [0.25, 0.3) is 0 Å². The first-order valence-corrected chi connectivity index (χ1v) is 9.23. The van der Waals surface area contributed by atoms with Crippen molar-refractivity contribution in [2.45, 2.75) is 76.3 Å². The minimum Gasteiger partial charge on any atom is -0.353 e. The molecule has 0 spiro atoms. The van der Waals surface area contributed by atoms with Gasteiger partial charge in [0.05, 0.1) is 0 Å². The number of urea groups is 1. The van der Waals surface area contributed by atoms with Crippen LogP contribution in [-0.2, 0) is 4.79 Å². The lowest BCUT2D eigenvalue weighted by molar-refractivity contribution is -0.122. The molecule has 3 amide bonds. The van der Waals surface area contributed by atoms with Crippen molar-refractivity contribution in [1.29, 1.82) is 0 Å². The number of hydrogen-bond donors (Lipinski definition) is 4. The molecule has 2 saturated carbocycles. The number of nitrogens with two attached hydrogens (primary N) is 1. The third kappa shape index (κ3) is 7.26. The standard InChI is InChI=1S/C17H32N4O2.ClH/c18-12-13-6-4-9-15(13)21-16(22)10-5-11-19-17(23)20-14-7-2-1-3-8-14;/h13-15H,1-12,18H2,(H,21,22)(H2,19,20,23);1H. The lowest BCUT2D eigenvalue weighted by atomic mass is 9.96. The van der Waals surface area contributed by atoms with Crippen LogP contribution in [0.2, 0.25) is 0 Å². The number of halogens is 1. The van der Waals surface area contributed by atoms with E-state index >= 15 is 0 Å². The lowest BCUT2D eigenvalue weighted by Crippen LogP contribution is -2.43. The molecule has 0 radical (unpaired) electrons. The van der Waals surface area contributed by atoms with Gasteiger partial charge < -0.3 is 21.7 Å². The topological polar surface area (TPSA) is 96.2 Å². The Hall–Kier alpha value is -1.01. The van der Waals surface area contributed by atoms with Crippen molar-refractivity contribution in [3.05, 3.63) is 0 Å². The average molecular weight is 361 g/mol. The van der Waals surface area contributed by atoms with Crippen molar-refractivity contribution in [3.63, 3.8) is 0 Å². The molecular weight excluding hydrogens is 328 g/mol. The Morgan fingerprint density at radius 1 is 0.958 bits per heavy atom. The predicted octanol–water partition coefficient (Wildman–Crippen LogP) is 2.06. The zero-order valence-corrected chi connectivity index (χ0v) is 15.3. The van der Waals surface area contributed by atoms with Crippen molar-refractivity contribution >= 4 is 24.3 Å². The molecule has 2 rings (SSSR count). The number of amides is 3. The number of hydrogen-bond acceptors (Lipinski definition) is 3. The molecular formula is C17H33ClN4O2. The van der Waals surface area contributed by atoms with Crippen molar-refractivity contribution in [1.82, 2.24) is 16.0 Å². The van der Waals surface area contributed by atoms with Crippen LogP contribution in [0, 0.1) is 5.92 Å². The summed E-state index contributed by atoms with van der Waals surface area (Å²) in [5.41, 5.74) is 5.73. The fourth-order valence-corrected chi connectivity index (χ4v) is 3.72. The van der Waals surface area contributed by atoms with Crippen molar-refractivity contribution in [3.8, 4) is 0 Å². The molecule has 0 bridgehead atoms. The third-order valence-electron chi connectivity index (χ3n) is 5.11. The lowest BCUT2D eigenvalue weighted by Gasteiger charge is -2.23. The van der Waals surface area contributed by atoms with Crippen LogP contribution in [0.4, 0.5) is 4.79 Å². The van der Waals surface area contributed by atoms with Crippen molar-refractivity contribution < 1.29 is 9.59 Å². The average Bonchev–Trinajstić information content (AvgIpc) is 2.99. The van der Waals surface area contributed by atoms with E-state index < -0.39 is 0 Å². The fourth-order valence-electron chi connectivity index (χ4n) is 3.72. The second-order valence-corrected chi connectivity index (χ2v) is 6.94. The smallest absolute Gasteiger partial charge is 0.315 e. The maximum absolute atomic E-state index is 11.9. The maximum Gasteiger partial charge on any atom is 0.315 e. The Morgan fingerprint density at radius 2 is 1.71 bits per heavy atom. The van der Waals surface area contributed by atoms with Gasteiger partial charge in [-0.1, -0.05) is 25.7 Å². The summed E-state index contributed by atoms with van der Waals surface area (Å²) in [7, 11) is 0. The molecule has 5 N–H and O–H groups in total. The number of rotatable bonds is 7. The Bertz CT molecular complexity index is 389. The molecule has 140 valence electrons. The van der Waals surface area contributed by atoms with Gasteiger partial charge in [0, 0.05) is 25.0 Å². The summed E-state index contributed by atoms with van der Waals surface area (Å²) >= 11 is 0. The third-order valence-corrected chi connectivity index (χ3v) is 5.11. The summed E-state index contributed by atoms with van der Waals surface area (Å²) in [4.78, 5) is 23.7. The molecule has 0 aromatic carbocycles. The highest BCUT2D eigenvalue weighted by Gasteiger charge is 2.27. The van der Waals surface area contributed by atoms with Crippen molar-refractivity contribution in [2.24, 2.45) is 11.7 Å². The molecule has 6 nitrogen and oxygen atoms in total. The summed E-state index contributed by atoms with van der Waals surface area (Å²) in [5, 5.41) is 8.95. The van der Waals surface area contributed by atoms with Gasteiger partial charge in [-0.25, -0.2) is 4.79 Å². The maximum atomic E-state index is 11.9. The molecule has 0 aliphatic heterocycles. The van der Waals surface area contributed by atoms with E-state index in [4.69, 9.17) is 5.73 Å². The van der Waals surface area contributed by atoms with Gasteiger partial charge in [0.2, 0.25) is 5.91 Å². The Kier molecular flexibility index (Phi) is 10.1. The zero-order valence-electron chi connectivity index (χ0n) is 14.5. The molecule has 0 aromatic rings. The number of carbonyl (C=O) groups is 2. The van der Waals surface area contributed by atoms with Crippen LogP contribution in [0.3, 0.4) is 0 Å². The minimum absolute atomic E-state index is 0. The van der Waals surface area contributed by atoms with Crippen LogP contribution >= 0.6 is 12.4 Å². The highest BCUT2D eigenvalue weighted by atomic mass is 35.5. The van der Waals surface area contributed by atoms with E-state index in [1.807, 2.05) is 0 Å². The first-order chi connectivity index (χ1) is 11.2. The number of nitrogens with one attached hydrogen (secondary N) is 3. The summed E-state index contributed by atoms with van der Waals surface area (Å²) in [6, 6.07) is 0.467. The van der Waals surface area contributed by atoms with Gasteiger partial charge in [-0.15, -0.1) is 12.4 Å². The Balaban J connectivity index is 0.00000288. The fraction of sp³-hybridized carbons (Fsp3) is 0.882. The highest BCUT2D eigenvalue weighted by molar-refractivity contribution is 5.85. The van der Waals surface area contributed by atoms with Gasteiger partial charge in [-0.3, -0.25) is 4.79 Å². The van der Waals surface area contributed by atoms with Gasteiger partial charge in [-0.05, 0) is 44.6 Å². The summed E-state index contributed by atoms with van der Waals surface area (Å²) in [6.07, 6.45) is 10.3.